The van der Waals surface area contributed by atoms with Gasteiger partial charge in [0.25, 0.3) is 0 Å². The minimum Gasteiger partial charge on any atom is -0.389 e. The second-order valence-electron chi connectivity index (χ2n) is 4.41. The second-order valence-corrected chi connectivity index (χ2v) is 5.58. The van der Waals surface area contributed by atoms with E-state index in [9.17, 15) is 18.3 Å². The van der Waals surface area contributed by atoms with E-state index >= 15 is 0 Å². The number of aliphatic hydroxyl groups is 1. The first-order valence-corrected chi connectivity index (χ1v) is 6.30. The molecule has 0 unspecified atom stereocenters. The van der Waals surface area contributed by atoms with E-state index in [2.05, 4.69) is 5.32 Å². The summed E-state index contributed by atoms with van der Waals surface area (Å²) < 4.78 is 37.2. The van der Waals surface area contributed by atoms with Crippen molar-refractivity contribution in [3.8, 4) is 0 Å². The molecule has 1 aromatic rings. The maximum Gasteiger partial charge on any atom is 0.425 e. The summed E-state index contributed by atoms with van der Waals surface area (Å²) in [5.41, 5.74) is -0.848. The number of nitrogens with one attached hydrogen (secondary N) is 1. The molecule has 0 atom stereocenters. The van der Waals surface area contributed by atoms with Crippen LogP contribution in [-0.4, -0.2) is 23.8 Å². The first-order valence-electron chi connectivity index (χ1n) is 5.48. The molecule has 0 aromatic carbocycles. The molecule has 0 radical (unpaired) electrons. The van der Waals surface area contributed by atoms with Gasteiger partial charge in [-0.3, -0.25) is 0 Å². The summed E-state index contributed by atoms with van der Waals surface area (Å²) in [5.74, 6) is 0. The number of hydrogen-bond donors (Lipinski definition) is 2. The largest absolute Gasteiger partial charge is 0.425 e. The zero-order chi connectivity index (χ0) is 12.5. The van der Waals surface area contributed by atoms with E-state index in [0.29, 0.717) is 37.2 Å². The molecule has 2 nitrogen and oxygen atoms in total. The lowest BCUT2D eigenvalue weighted by Crippen LogP contribution is -2.43. The molecule has 0 aliphatic carbocycles. The predicted octanol–water partition coefficient (Wildman–Crippen LogP) is 2.42. The van der Waals surface area contributed by atoms with E-state index in [4.69, 9.17) is 0 Å². The molecule has 1 aliphatic heterocycles. The van der Waals surface area contributed by atoms with Crippen molar-refractivity contribution < 1.29 is 18.3 Å². The topological polar surface area (TPSA) is 32.3 Å². The van der Waals surface area contributed by atoms with Crippen molar-refractivity contribution in [1.29, 1.82) is 0 Å². The van der Waals surface area contributed by atoms with E-state index in [0.717, 1.165) is 17.4 Å². The van der Waals surface area contributed by atoms with E-state index < -0.39 is 16.7 Å². The van der Waals surface area contributed by atoms with Gasteiger partial charge in [0.15, 0.2) is 0 Å². The number of hydrogen-bond acceptors (Lipinski definition) is 3. The molecule has 2 rings (SSSR count). The average Bonchev–Trinajstić information content (AvgIpc) is 2.66. The minimum atomic E-state index is -4.28. The van der Waals surface area contributed by atoms with Crippen LogP contribution in [0.2, 0.25) is 0 Å². The Hall–Kier alpha value is -0.590. The van der Waals surface area contributed by atoms with E-state index in [1.165, 1.54) is 6.07 Å². The Balaban J connectivity index is 2.06. The molecular formula is C11H14F3NOS. The molecule has 2 N–H and O–H groups in total. The van der Waals surface area contributed by atoms with Crippen LogP contribution in [0.4, 0.5) is 13.2 Å². The Morgan fingerprint density at radius 1 is 1.29 bits per heavy atom. The van der Waals surface area contributed by atoms with Gasteiger partial charge in [-0.1, -0.05) is 0 Å². The monoisotopic (exact) mass is 265 g/mol. The maximum absolute atomic E-state index is 12.4. The van der Waals surface area contributed by atoms with Crippen molar-refractivity contribution in [2.75, 3.05) is 13.1 Å². The van der Waals surface area contributed by atoms with Crippen molar-refractivity contribution >= 4 is 11.3 Å². The van der Waals surface area contributed by atoms with Crippen molar-refractivity contribution in [2.45, 2.75) is 31.0 Å². The van der Waals surface area contributed by atoms with Crippen LogP contribution in [0, 0.1) is 0 Å². The minimum absolute atomic E-state index is 0.315. The Kier molecular flexibility index (Phi) is 3.47. The van der Waals surface area contributed by atoms with E-state index in [-0.39, 0.29) is 0 Å². The smallest absolute Gasteiger partial charge is 0.389 e. The molecule has 0 spiro atoms. The van der Waals surface area contributed by atoms with Gasteiger partial charge in [-0.05, 0) is 38.1 Å². The van der Waals surface area contributed by atoms with Crippen LogP contribution >= 0.6 is 11.3 Å². The zero-order valence-corrected chi connectivity index (χ0v) is 10.00. The molecular weight excluding hydrogens is 251 g/mol. The van der Waals surface area contributed by atoms with Gasteiger partial charge in [-0.2, -0.15) is 13.2 Å². The van der Waals surface area contributed by atoms with Crippen LogP contribution in [0.1, 0.15) is 22.6 Å². The first-order chi connectivity index (χ1) is 7.89. The number of alkyl halides is 3. The van der Waals surface area contributed by atoms with Gasteiger partial charge in [0, 0.05) is 11.3 Å². The van der Waals surface area contributed by atoms with Crippen LogP contribution < -0.4 is 5.32 Å². The van der Waals surface area contributed by atoms with Crippen molar-refractivity contribution in [1.82, 2.24) is 5.32 Å². The fraction of sp³-hybridized carbons (Fsp3) is 0.636. The molecule has 0 bridgehead atoms. The molecule has 0 amide bonds. The standard InChI is InChI=1S/C11H14F3NOS/c12-11(13,14)9-2-1-8(17-9)7-10(16)3-5-15-6-4-10/h1-2,15-16H,3-7H2. The van der Waals surface area contributed by atoms with Crippen LogP contribution in [0.25, 0.3) is 0 Å². The molecule has 17 heavy (non-hydrogen) atoms. The maximum atomic E-state index is 12.4. The summed E-state index contributed by atoms with van der Waals surface area (Å²) in [6.07, 6.45) is -2.78. The third-order valence-corrected chi connectivity index (χ3v) is 4.11. The van der Waals surface area contributed by atoms with E-state index in [1.807, 2.05) is 0 Å². The summed E-state index contributed by atoms with van der Waals surface area (Å²) in [5, 5.41) is 13.3. The number of halogens is 3. The lowest BCUT2D eigenvalue weighted by Gasteiger charge is -2.32. The molecule has 1 aromatic heterocycles. The van der Waals surface area contributed by atoms with Gasteiger partial charge < -0.3 is 10.4 Å². The molecule has 2 heterocycles. The van der Waals surface area contributed by atoms with Gasteiger partial charge >= 0.3 is 6.18 Å². The number of thiophene rings is 1. The lowest BCUT2D eigenvalue weighted by atomic mass is 9.88. The van der Waals surface area contributed by atoms with Gasteiger partial charge in [-0.15, -0.1) is 11.3 Å². The highest BCUT2D eigenvalue weighted by molar-refractivity contribution is 7.12. The quantitative estimate of drug-likeness (QED) is 0.860. The highest BCUT2D eigenvalue weighted by atomic mass is 32.1. The zero-order valence-electron chi connectivity index (χ0n) is 9.18. The van der Waals surface area contributed by atoms with Crippen LogP contribution in [0.5, 0.6) is 0 Å². The third-order valence-electron chi connectivity index (χ3n) is 2.98. The fourth-order valence-corrected chi connectivity index (χ4v) is 3.03. The fourth-order valence-electron chi connectivity index (χ4n) is 2.02. The summed E-state index contributed by atoms with van der Waals surface area (Å²) >= 11 is 0.727. The molecule has 96 valence electrons. The number of rotatable bonds is 2. The van der Waals surface area contributed by atoms with Crippen LogP contribution in [0.15, 0.2) is 12.1 Å². The Morgan fingerprint density at radius 2 is 1.94 bits per heavy atom. The van der Waals surface area contributed by atoms with Crippen LogP contribution in [-0.2, 0) is 12.6 Å². The van der Waals surface area contributed by atoms with Gasteiger partial charge in [0.1, 0.15) is 4.88 Å². The Labute approximate surface area is 101 Å². The van der Waals surface area contributed by atoms with Crippen molar-refractivity contribution in [2.24, 2.45) is 0 Å². The highest BCUT2D eigenvalue weighted by Gasteiger charge is 2.34. The van der Waals surface area contributed by atoms with Gasteiger partial charge in [0.2, 0.25) is 0 Å². The second kappa shape index (κ2) is 4.59. The summed E-state index contributed by atoms with van der Waals surface area (Å²) in [7, 11) is 0. The van der Waals surface area contributed by atoms with Crippen molar-refractivity contribution in [3.63, 3.8) is 0 Å². The summed E-state index contributed by atoms with van der Waals surface area (Å²) in [6.45, 7) is 1.43. The molecule has 6 heteroatoms. The van der Waals surface area contributed by atoms with Gasteiger partial charge in [0.05, 0.1) is 5.60 Å². The lowest BCUT2D eigenvalue weighted by molar-refractivity contribution is -0.134. The van der Waals surface area contributed by atoms with Crippen molar-refractivity contribution in [3.05, 3.63) is 21.9 Å². The van der Waals surface area contributed by atoms with Gasteiger partial charge in [-0.25, -0.2) is 0 Å². The highest BCUT2D eigenvalue weighted by Crippen LogP contribution is 2.36. The van der Waals surface area contributed by atoms with Crippen LogP contribution in [0.3, 0.4) is 0 Å². The summed E-state index contributed by atoms with van der Waals surface area (Å²) in [6, 6.07) is 2.55. The summed E-state index contributed by atoms with van der Waals surface area (Å²) in [4.78, 5) is 0.00626. The molecule has 1 saturated heterocycles. The first kappa shape index (κ1) is 12.9. The normalized spacial score (nSPS) is 20.5. The molecule has 1 fully saturated rings. The molecule has 0 saturated carbocycles. The predicted molar refractivity (Wildman–Crippen MR) is 60.1 cm³/mol. The molecule has 1 aliphatic rings. The Morgan fingerprint density at radius 3 is 2.47 bits per heavy atom. The average molecular weight is 265 g/mol. The Bertz CT molecular complexity index is 382. The van der Waals surface area contributed by atoms with E-state index in [1.54, 1.807) is 0 Å². The SMILES string of the molecule is OC1(Cc2ccc(C(F)(F)F)s2)CCNCC1. The third kappa shape index (κ3) is 3.20. The number of piperidine rings is 1.